The SMILES string of the molecule is O=C(Nc1ccc([N+](=O)[O-])cc1)Nc1ccc(N2CCC(Cc3ccccc3)CC2)c(C(=O)NC[C@@H]2CCCO2)c1. The minimum atomic E-state index is -0.515. The number of benzene rings is 3. The standard InChI is InChI=1S/C31H35N5O5/c37-30(32-21-27-7-4-18-41-27)28-20-25(34-31(38)33-24-8-11-26(12-9-24)36(39)40)10-13-29(28)35-16-14-23(15-17-35)19-22-5-2-1-3-6-22/h1-3,5-6,8-13,20,23,27H,4,7,14-19,21H2,(H,32,37)(H2,33,34,38)/t27-/m0/s1. The Morgan fingerprint density at radius 2 is 1.63 bits per heavy atom. The van der Waals surface area contributed by atoms with Crippen LogP contribution >= 0.6 is 0 Å². The second kappa shape index (κ2) is 13.3. The van der Waals surface area contributed by atoms with Gasteiger partial charge >= 0.3 is 6.03 Å². The average molecular weight is 558 g/mol. The van der Waals surface area contributed by atoms with Gasteiger partial charge in [-0.15, -0.1) is 0 Å². The number of non-ortho nitro benzene ring substituents is 1. The number of hydrogen-bond donors (Lipinski definition) is 3. The summed E-state index contributed by atoms with van der Waals surface area (Å²) in [4.78, 5) is 38.7. The van der Waals surface area contributed by atoms with Crippen molar-refractivity contribution in [2.24, 2.45) is 5.92 Å². The third-order valence-electron chi connectivity index (χ3n) is 7.67. The number of piperidine rings is 1. The number of carbonyl (C=O) groups excluding carboxylic acids is 2. The smallest absolute Gasteiger partial charge is 0.323 e. The van der Waals surface area contributed by atoms with Crippen molar-refractivity contribution in [2.75, 3.05) is 41.8 Å². The molecule has 214 valence electrons. The van der Waals surface area contributed by atoms with Gasteiger partial charge in [0.2, 0.25) is 0 Å². The zero-order valence-electron chi connectivity index (χ0n) is 22.9. The van der Waals surface area contributed by atoms with Crippen LogP contribution in [0.4, 0.5) is 27.5 Å². The number of ether oxygens (including phenoxy) is 1. The van der Waals surface area contributed by atoms with E-state index in [-0.39, 0.29) is 17.7 Å². The first-order valence-electron chi connectivity index (χ1n) is 14.1. The minimum Gasteiger partial charge on any atom is -0.376 e. The van der Waals surface area contributed by atoms with E-state index in [4.69, 9.17) is 4.74 Å². The van der Waals surface area contributed by atoms with Gasteiger partial charge in [-0.05, 0) is 73.9 Å². The van der Waals surface area contributed by atoms with Crippen LogP contribution in [0, 0.1) is 16.0 Å². The van der Waals surface area contributed by atoms with Crippen molar-refractivity contribution in [3.63, 3.8) is 0 Å². The fourth-order valence-corrected chi connectivity index (χ4v) is 5.46. The molecule has 0 saturated carbocycles. The van der Waals surface area contributed by atoms with Crippen molar-refractivity contribution in [1.29, 1.82) is 0 Å². The Bertz CT molecular complexity index is 1350. The first-order chi connectivity index (χ1) is 19.9. The molecule has 2 aliphatic heterocycles. The largest absolute Gasteiger partial charge is 0.376 e. The van der Waals surface area contributed by atoms with Crippen LogP contribution in [-0.2, 0) is 11.2 Å². The van der Waals surface area contributed by atoms with Crippen LogP contribution in [0.15, 0.2) is 72.8 Å². The summed E-state index contributed by atoms with van der Waals surface area (Å²) >= 11 is 0. The quantitative estimate of drug-likeness (QED) is 0.232. The monoisotopic (exact) mass is 557 g/mol. The lowest BCUT2D eigenvalue weighted by atomic mass is 9.89. The number of rotatable bonds is 9. The highest BCUT2D eigenvalue weighted by Gasteiger charge is 2.25. The van der Waals surface area contributed by atoms with Crippen LogP contribution in [0.5, 0.6) is 0 Å². The maximum atomic E-state index is 13.4. The number of carbonyl (C=O) groups is 2. The van der Waals surface area contributed by atoms with Crippen molar-refractivity contribution in [3.05, 3.63) is 94.0 Å². The number of amides is 3. The van der Waals surface area contributed by atoms with E-state index < -0.39 is 11.0 Å². The predicted octanol–water partition coefficient (Wildman–Crippen LogP) is 5.61. The summed E-state index contributed by atoms with van der Waals surface area (Å²) in [5.41, 5.74) is 3.51. The number of nitro benzene ring substituents is 1. The molecule has 0 radical (unpaired) electrons. The Hall–Kier alpha value is -4.44. The zero-order chi connectivity index (χ0) is 28.6. The van der Waals surface area contributed by atoms with Crippen molar-refractivity contribution in [2.45, 2.75) is 38.2 Å². The summed E-state index contributed by atoms with van der Waals surface area (Å²) < 4.78 is 5.67. The summed E-state index contributed by atoms with van der Waals surface area (Å²) in [5.74, 6) is 0.385. The first kappa shape index (κ1) is 28.1. The normalized spacial score (nSPS) is 17.2. The van der Waals surface area contributed by atoms with E-state index in [1.54, 1.807) is 12.1 Å². The minimum absolute atomic E-state index is 0.0184. The van der Waals surface area contributed by atoms with E-state index in [0.717, 1.165) is 50.9 Å². The predicted molar refractivity (Wildman–Crippen MR) is 159 cm³/mol. The molecule has 0 aromatic heterocycles. The summed E-state index contributed by atoms with van der Waals surface area (Å²) in [5, 5.41) is 19.3. The van der Waals surface area contributed by atoms with Crippen LogP contribution in [0.2, 0.25) is 0 Å². The number of urea groups is 1. The fraction of sp³-hybridized carbons (Fsp3) is 0.355. The molecule has 0 spiro atoms. The van der Waals surface area contributed by atoms with E-state index >= 15 is 0 Å². The molecule has 2 fully saturated rings. The van der Waals surface area contributed by atoms with Gasteiger partial charge in [-0.25, -0.2) is 4.79 Å². The van der Waals surface area contributed by atoms with Crippen LogP contribution < -0.4 is 20.9 Å². The lowest BCUT2D eigenvalue weighted by Crippen LogP contribution is -2.37. The lowest BCUT2D eigenvalue weighted by Gasteiger charge is -2.35. The zero-order valence-corrected chi connectivity index (χ0v) is 22.9. The molecule has 0 unspecified atom stereocenters. The van der Waals surface area contributed by atoms with Gasteiger partial charge in [0.25, 0.3) is 11.6 Å². The Morgan fingerprint density at radius 1 is 0.927 bits per heavy atom. The molecule has 3 aromatic rings. The Kier molecular flexibility index (Phi) is 9.10. The fourth-order valence-electron chi connectivity index (χ4n) is 5.46. The van der Waals surface area contributed by atoms with Crippen LogP contribution in [-0.4, -0.2) is 49.2 Å². The van der Waals surface area contributed by atoms with Crippen LogP contribution in [0.1, 0.15) is 41.6 Å². The molecule has 2 saturated heterocycles. The molecule has 3 N–H and O–H groups in total. The first-order valence-corrected chi connectivity index (χ1v) is 14.1. The van der Waals surface area contributed by atoms with Crippen molar-refractivity contribution in [3.8, 4) is 0 Å². The van der Waals surface area contributed by atoms with Gasteiger partial charge in [0.1, 0.15) is 0 Å². The van der Waals surface area contributed by atoms with Crippen LogP contribution in [0.25, 0.3) is 0 Å². The maximum absolute atomic E-state index is 13.4. The van der Waals surface area contributed by atoms with Gasteiger partial charge in [0, 0.05) is 55.4 Å². The number of nitrogens with one attached hydrogen (secondary N) is 3. The molecule has 10 heteroatoms. The number of nitrogens with zero attached hydrogens (tertiary/aromatic N) is 2. The third-order valence-corrected chi connectivity index (χ3v) is 7.67. The molecule has 41 heavy (non-hydrogen) atoms. The van der Waals surface area contributed by atoms with E-state index in [0.29, 0.717) is 36.0 Å². The summed E-state index contributed by atoms with van der Waals surface area (Å²) in [7, 11) is 0. The lowest BCUT2D eigenvalue weighted by molar-refractivity contribution is -0.384. The molecule has 0 aliphatic carbocycles. The highest BCUT2D eigenvalue weighted by molar-refractivity contribution is 6.04. The van der Waals surface area contributed by atoms with Gasteiger partial charge in [-0.3, -0.25) is 14.9 Å². The summed E-state index contributed by atoms with van der Waals surface area (Å²) in [6.07, 6.45) is 5.05. The van der Waals surface area contributed by atoms with Crippen molar-refractivity contribution < 1.29 is 19.2 Å². The molecule has 1 atom stereocenters. The highest BCUT2D eigenvalue weighted by Crippen LogP contribution is 2.30. The molecule has 0 bridgehead atoms. The molecule has 3 amide bonds. The van der Waals surface area contributed by atoms with Gasteiger partial charge in [0.05, 0.1) is 16.6 Å². The molecular weight excluding hydrogens is 522 g/mol. The van der Waals surface area contributed by atoms with Crippen molar-refractivity contribution in [1.82, 2.24) is 5.32 Å². The van der Waals surface area contributed by atoms with Gasteiger partial charge in [-0.2, -0.15) is 0 Å². The maximum Gasteiger partial charge on any atom is 0.323 e. The summed E-state index contributed by atoms with van der Waals surface area (Å²) in [6.45, 7) is 2.84. The topological polar surface area (TPSA) is 126 Å². The second-order valence-electron chi connectivity index (χ2n) is 10.6. The van der Waals surface area contributed by atoms with E-state index in [1.807, 2.05) is 12.1 Å². The van der Waals surface area contributed by atoms with E-state index in [2.05, 4.69) is 45.1 Å². The van der Waals surface area contributed by atoms with Gasteiger partial charge in [-0.1, -0.05) is 30.3 Å². The number of anilines is 3. The van der Waals surface area contributed by atoms with E-state index in [1.165, 1.54) is 29.8 Å². The van der Waals surface area contributed by atoms with E-state index in [9.17, 15) is 19.7 Å². The molecule has 3 aromatic carbocycles. The average Bonchev–Trinajstić information content (AvgIpc) is 3.51. The van der Waals surface area contributed by atoms with Crippen molar-refractivity contribution >= 4 is 34.7 Å². The second-order valence-corrected chi connectivity index (χ2v) is 10.6. The van der Waals surface area contributed by atoms with Gasteiger partial charge < -0.3 is 25.6 Å². The summed E-state index contributed by atoms with van der Waals surface area (Å²) in [6, 6.07) is 21.0. The third kappa shape index (κ3) is 7.61. The van der Waals surface area contributed by atoms with Crippen LogP contribution in [0.3, 0.4) is 0 Å². The molecule has 2 aliphatic rings. The Balaban J connectivity index is 1.27. The molecule has 5 rings (SSSR count). The Morgan fingerprint density at radius 3 is 2.32 bits per heavy atom. The molecule has 2 heterocycles. The van der Waals surface area contributed by atoms with Gasteiger partial charge in [0.15, 0.2) is 0 Å². The number of nitro groups is 1. The molecule has 10 nitrogen and oxygen atoms in total. The number of hydrogen-bond acceptors (Lipinski definition) is 6. The highest BCUT2D eigenvalue weighted by atomic mass is 16.6. The Labute approximate surface area is 239 Å². The molecular formula is C31H35N5O5.